The first-order chi connectivity index (χ1) is 20.5. The third-order valence-electron chi connectivity index (χ3n) is 13.4. The van der Waals surface area contributed by atoms with E-state index in [9.17, 15) is 19.8 Å². The lowest BCUT2D eigenvalue weighted by atomic mass is 9.46. The molecule has 43 heavy (non-hydrogen) atoms. The van der Waals surface area contributed by atoms with Crippen molar-refractivity contribution in [3.63, 3.8) is 0 Å². The largest absolute Gasteiger partial charge is 0.393 e. The number of ketones is 2. The highest BCUT2D eigenvalue weighted by Crippen LogP contribution is 2.70. The van der Waals surface area contributed by atoms with Crippen LogP contribution >= 0.6 is 0 Å². The molecule has 1 heterocycles. The molecular formula is C36H45NO6. The van der Waals surface area contributed by atoms with Gasteiger partial charge < -0.3 is 25.4 Å². The molecule has 6 aliphatic carbocycles. The molecule has 6 fully saturated rings. The van der Waals surface area contributed by atoms with E-state index in [1.807, 2.05) is 6.08 Å². The average molecular weight is 588 g/mol. The predicted octanol–water partition coefficient (Wildman–Crippen LogP) is 4.35. The molecule has 0 unspecified atom stereocenters. The maximum atomic E-state index is 13.8. The van der Waals surface area contributed by atoms with Crippen molar-refractivity contribution in [1.29, 1.82) is 0 Å². The summed E-state index contributed by atoms with van der Waals surface area (Å²) in [5.41, 5.74) is 7.45. The zero-order chi connectivity index (χ0) is 29.9. The number of rotatable bonds is 5. The van der Waals surface area contributed by atoms with Crippen LogP contribution in [-0.4, -0.2) is 52.2 Å². The van der Waals surface area contributed by atoms with Crippen LogP contribution in [0.5, 0.6) is 0 Å². The van der Waals surface area contributed by atoms with E-state index in [2.05, 4.69) is 38.1 Å². The van der Waals surface area contributed by atoms with Crippen LogP contribution in [0.25, 0.3) is 0 Å². The Morgan fingerprint density at radius 2 is 1.84 bits per heavy atom. The fraction of sp³-hybridized carbons (Fsp3) is 0.667. The number of benzene rings is 1. The maximum Gasteiger partial charge on any atom is 0.193 e. The number of fused-ring (bicyclic) bond motifs is 7. The van der Waals surface area contributed by atoms with Crippen molar-refractivity contribution in [1.82, 2.24) is 0 Å². The number of aliphatic hydroxyl groups is 2. The summed E-state index contributed by atoms with van der Waals surface area (Å²) in [6.45, 7) is 3.60. The minimum absolute atomic E-state index is 0.0140. The number of aliphatic hydroxyl groups excluding tert-OH is 2. The van der Waals surface area contributed by atoms with Crippen LogP contribution in [-0.2, 0) is 25.5 Å². The summed E-state index contributed by atoms with van der Waals surface area (Å²) in [5.74, 6) is 0.565. The summed E-state index contributed by atoms with van der Waals surface area (Å²) >= 11 is 0. The van der Waals surface area contributed by atoms with Crippen molar-refractivity contribution in [2.75, 3.05) is 6.61 Å². The van der Waals surface area contributed by atoms with E-state index in [1.165, 1.54) is 31.2 Å². The Morgan fingerprint density at radius 1 is 1.09 bits per heavy atom. The highest BCUT2D eigenvalue weighted by molar-refractivity contribution is 6.01. The number of hydrogen-bond donors (Lipinski definition) is 3. The second-order valence-corrected chi connectivity index (χ2v) is 15.7. The minimum Gasteiger partial charge on any atom is -0.393 e. The number of carbonyl (C=O) groups excluding carboxylic acids is 2. The first kappa shape index (κ1) is 28.3. The fourth-order valence-electron chi connectivity index (χ4n) is 11.7. The van der Waals surface area contributed by atoms with Crippen LogP contribution in [0.15, 0.2) is 48.1 Å². The topological polar surface area (TPSA) is 119 Å². The lowest BCUT2D eigenvalue weighted by Crippen LogP contribution is -2.63. The first-order valence-electron chi connectivity index (χ1n) is 16.4. The number of Topliss-reactive ketones (excluding diaryl/α,β-unsaturated/α-hetero) is 1. The zero-order valence-corrected chi connectivity index (χ0v) is 25.3. The molecule has 7 nitrogen and oxygen atoms in total. The lowest BCUT2D eigenvalue weighted by Gasteiger charge is -2.59. The molecule has 1 aromatic rings. The molecule has 8 rings (SSSR count). The zero-order valence-electron chi connectivity index (χ0n) is 25.3. The monoisotopic (exact) mass is 587 g/mol. The predicted molar refractivity (Wildman–Crippen MR) is 159 cm³/mol. The fourth-order valence-corrected chi connectivity index (χ4v) is 11.7. The van der Waals surface area contributed by atoms with Gasteiger partial charge in [-0.1, -0.05) is 49.8 Å². The average Bonchev–Trinajstić information content (AvgIpc) is 3.44. The van der Waals surface area contributed by atoms with Crippen molar-refractivity contribution < 1.29 is 29.3 Å². The van der Waals surface area contributed by atoms with Gasteiger partial charge in [0.15, 0.2) is 23.5 Å². The van der Waals surface area contributed by atoms with Gasteiger partial charge in [0.1, 0.15) is 6.61 Å². The summed E-state index contributed by atoms with van der Waals surface area (Å²) in [7, 11) is 0. The van der Waals surface area contributed by atoms with E-state index in [0.717, 1.165) is 36.3 Å². The summed E-state index contributed by atoms with van der Waals surface area (Å²) in [5, 5.41) is 22.1. The molecule has 4 N–H and O–H groups in total. The highest BCUT2D eigenvalue weighted by Gasteiger charge is 2.75. The van der Waals surface area contributed by atoms with Crippen molar-refractivity contribution in [2.24, 2.45) is 45.7 Å². The van der Waals surface area contributed by atoms with Crippen molar-refractivity contribution in [2.45, 2.75) is 102 Å². The Kier molecular flexibility index (Phi) is 6.21. The van der Waals surface area contributed by atoms with E-state index in [0.29, 0.717) is 24.3 Å². The van der Waals surface area contributed by atoms with E-state index >= 15 is 0 Å². The number of carbonyl (C=O) groups is 2. The molecule has 0 bridgehead atoms. The third kappa shape index (κ3) is 3.84. The number of allylic oxidation sites excluding steroid dienone is 4. The molecule has 1 aromatic carbocycles. The first-order valence-corrected chi connectivity index (χ1v) is 16.4. The molecule has 1 spiro atoms. The van der Waals surface area contributed by atoms with Gasteiger partial charge in [-0.05, 0) is 98.7 Å². The van der Waals surface area contributed by atoms with Crippen LogP contribution in [0.1, 0.15) is 82.6 Å². The molecule has 5 saturated carbocycles. The summed E-state index contributed by atoms with van der Waals surface area (Å²) in [6, 6.07) is 8.84. The smallest absolute Gasteiger partial charge is 0.193 e. The Bertz CT molecular complexity index is 1400. The van der Waals surface area contributed by atoms with Gasteiger partial charge in [0.05, 0.1) is 12.2 Å². The Morgan fingerprint density at radius 3 is 2.53 bits per heavy atom. The van der Waals surface area contributed by atoms with Crippen LogP contribution in [0, 0.1) is 39.9 Å². The quantitative estimate of drug-likeness (QED) is 0.469. The normalized spacial score (nSPS) is 49.3. The number of hydrogen-bond acceptors (Lipinski definition) is 7. The van der Waals surface area contributed by atoms with Gasteiger partial charge in [-0.15, -0.1) is 0 Å². The lowest BCUT2D eigenvalue weighted by molar-refractivity contribution is -0.201. The molecule has 9 atom stereocenters. The number of ether oxygens (including phenoxy) is 2. The van der Waals surface area contributed by atoms with Crippen LogP contribution in [0.2, 0.25) is 0 Å². The van der Waals surface area contributed by atoms with Crippen LogP contribution in [0.4, 0.5) is 0 Å². The third-order valence-corrected chi connectivity index (χ3v) is 13.4. The van der Waals surface area contributed by atoms with Gasteiger partial charge in [-0.25, -0.2) is 0 Å². The highest BCUT2D eigenvalue weighted by atomic mass is 16.7. The van der Waals surface area contributed by atoms with Gasteiger partial charge in [0.2, 0.25) is 0 Å². The second-order valence-electron chi connectivity index (χ2n) is 15.7. The van der Waals surface area contributed by atoms with E-state index in [1.54, 1.807) is 12.2 Å². The van der Waals surface area contributed by atoms with Crippen molar-refractivity contribution >= 4 is 11.6 Å². The summed E-state index contributed by atoms with van der Waals surface area (Å²) in [6.07, 6.45) is 12.2. The molecule has 7 aliphatic rings. The van der Waals surface area contributed by atoms with Crippen molar-refractivity contribution in [3.05, 3.63) is 59.2 Å². The second kappa shape index (κ2) is 9.43. The molecule has 0 radical (unpaired) electrons. The molecular weight excluding hydrogens is 542 g/mol. The maximum absolute atomic E-state index is 13.8. The Labute approximate surface area is 253 Å². The van der Waals surface area contributed by atoms with E-state index in [4.69, 9.17) is 15.2 Å². The SMILES string of the molecule is C[C@]12C=CC(=O)C=C1CC[C@@H]1[C@@H]2[C@@H](O)C[C@@]2(C)[C@H]1C[C@H]1O[C@@H](c3ccc(CC4CC5(CC(N)C5)C4)cc3)O[C@]12C(=O)CO. The van der Waals surface area contributed by atoms with Gasteiger partial charge in [0.25, 0.3) is 0 Å². The Hall–Kier alpha value is -2.16. The molecule has 1 aliphatic heterocycles. The molecule has 230 valence electrons. The van der Waals surface area contributed by atoms with E-state index < -0.39 is 36.1 Å². The molecule has 0 amide bonds. The van der Waals surface area contributed by atoms with Gasteiger partial charge in [-0.2, -0.15) is 0 Å². The van der Waals surface area contributed by atoms with Crippen LogP contribution in [0.3, 0.4) is 0 Å². The Balaban J connectivity index is 1.03. The van der Waals surface area contributed by atoms with Gasteiger partial charge in [0, 0.05) is 28.4 Å². The van der Waals surface area contributed by atoms with Gasteiger partial charge in [-0.3, -0.25) is 9.59 Å². The van der Waals surface area contributed by atoms with Crippen molar-refractivity contribution in [3.8, 4) is 0 Å². The van der Waals surface area contributed by atoms with Gasteiger partial charge >= 0.3 is 0 Å². The molecule has 7 heteroatoms. The number of nitrogens with two attached hydrogens (primary N) is 1. The van der Waals surface area contributed by atoms with E-state index in [-0.39, 0.29) is 34.7 Å². The summed E-state index contributed by atoms with van der Waals surface area (Å²) in [4.78, 5) is 25.9. The molecule has 1 saturated heterocycles. The minimum atomic E-state index is -1.32. The summed E-state index contributed by atoms with van der Waals surface area (Å²) < 4.78 is 13.4. The van der Waals surface area contributed by atoms with Crippen LogP contribution < -0.4 is 5.73 Å². The standard InChI is InChI=1S/C36H45NO6/c1-33-10-9-25(39)12-23(33)7-8-26-27-13-30-36(29(41)19-38,34(27,2)18-28(40)31(26)33)43-32(42-30)22-5-3-20(4-6-22)11-21-14-35(15-21)16-24(37)17-35/h3-6,9-10,12,21,24,26-28,30-32,38,40H,7-8,11,13-19,37H2,1-2H3/t21?,24?,26-,27-,28-,30+,31+,32+,33-,34-,35?,36+/m0/s1. The molecule has 0 aromatic heterocycles.